The van der Waals surface area contributed by atoms with E-state index in [1.165, 1.54) is 7.11 Å². The van der Waals surface area contributed by atoms with E-state index in [0.29, 0.717) is 35.0 Å². The minimum absolute atomic E-state index is 0.318. The molecule has 1 aromatic heterocycles. The average Bonchev–Trinajstić information content (AvgIpc) is 3.07. The molecule has 3 aromatic rings. The summed E-state index contributed by atoms with van der Waals surface area (Å²) >= 11 is 0. The molecule has 0 aliphatic rings. The fraction of sp³-hybridized carbons (Fsp3) is 0.227. The second-order valence-electron chi connectivity index (χ2n) is 6.32. The van der Waals surface area contributed by atoms with Crippen LogP contribution in [0.5, 0.6) is 11.5 Å². The van der Waals surface area contributed by atoms with Gasteiger partial charge in [0, 0.05) is 0 Å². The first kappa shape index (κ1) is 20.1. The van der Waals surface area contributed by atoms with E-state index in [0.717, 1.165) is 11.3 Å². The monoisotopic (exact) mass is 395 g/mol. The van der Waals surface area contributed by atoms with Crippen molar-refractivity contribution in [2.75, 3.05) is 13.7 Å². The molecule has 0 amide bonds. The number of nitrogens with zero attached hydrogens (tertiary/aromatic N) is 1. The Hall–Kier alpha value is -3.61. The van der Waals surface area contributed by atoms with Crippen LogP contribution in [-0.4, -0.2) is 30.6 Å². The molecule has 7 nitrogen and oxygen atoms in total. The summed E-state index contributed by atoms with van der Waals surface area (Å²) in [5.74, 6) is 0.808. The largest absolute Gasteiger partial charge is 0.496 e. The topological polar surface area (TPSA) is 87.9 Å². The molecule has 1 heterocycles. The molecule has 0 fully saturated rings. The van der Waals surface area contributed by atoms with E-state index in [1.807, 2.05) is 13.8 Å². The number of benzene rings is 2. The van der Waals surface area contributed by atoms with Crippen LogP contribution in [0.3, 0.4) is 0 Å². The number of hydrogen-bond donors (Lipinski definition) is 0. The lowest BCUT2D eigenvalue weighted by atomic mass is 10.1. The Labute approximate surface area is 168 Å². The Morgan fingerprint density at radius 1 is 1.03 bits per heavy atom. The van der Waals surface area contributed by atoms with Crippen LogP contribution in [0, 0.1) is 13.8 Å². The maximum Gasteiger partial charge on any atom is 0.338 e. The standard InChI is InChI=1S/C22H21NO6/c1-14-19(15(2)29-23-14)12-27-17-10-8-16(9-11-17)22(25)28-13-20(24)18-6-4-5-7-21(18)26-3/h4-11H,12-13H2,1-3H3. The lowest BCUT2D eigenvalue weighted by Gasteiger charge is -2.09. The first-order valence-electron chi connectivity index (χ1n) is 8.97. The molecule has 7 heteroatoms. The van der Waals surface area contributed by atoms with Crippen molar-refractivity contribution in [2.45, 2.75) is 20.5 Å². The molecular formula is C22H21NO6. The summed E-state index contributed by atoms with van der Waals surface area (Å²) in [6.07, 6.45) is 0. The van der Waals surface area contributed by atoms with E-state index in [4.69, 9.17) is 18.7 Å². The van der Waals surface area contributed by atoms with Crippen molar-refractivity contribution in [3.05, 3.63) is 76.7 Å². The van der Waals surface area contributed by atoms with Crippen molar-refractivity contribution in [1.82, 2.24) is 5.16 Å². The highest BCUT2D eigenvalue weighted by molar-refractivity contribution is 6.01. The number of ketones is 1. The predicted molar refractivity (Wildman–Crippen MR) is 104 cm³/mol. The molecule has 0 unspecified atom stereocenters. The summed E-state index contributed by atoms with van der Waals surface area (Å²) in [6.45, 7) is 3.62. The van der Waals surface area contributed by atoms with Gasteiger partial charge < -0.3 is 18.7 Å². The number of carbonyl (C=O) groups is 2. The van der Waals surface area contributed by atoms with Gasteiger partial charge in [-0.3, -0.25) is 4.79 Å². The second kappa shape index (κ2) is 9.05. The lowest BCUT2D eigenvalue weighted by molar-refractivity contribution is 0.0474. The number of methoxy groups -OCH3 is 1. The van der Waals surface area contributed by atoms with E-state index in [2.05, 4.69) is 5.16 Å². The number of aromatic nitrogens is 1. The number of para-hydroxylation sites is 1. The Balaban J connectivity index is 1.55. The van der Waals surface area contributed by atoms with Crippen LogP contribution >= 0.6 is 0 Å². The zero-order valence-corrected chi connectivity index (χ0v) is 16.4. The van der Waals surface area contributed by atoms with Gasteiger partial charge in [-0.25, -0.2) is 4.79 Å². The van der Waals surface area contributed by atoms with Gasteiger partial charge in [-0.15, -0.1) is 0 Å². The van der Waals surface area contributed by atoms with Gasteiger partial charge in [0.05, 0.1) is 29.5 Å². The minimum atomic E-state index is -0.592. The lowest BCUT2D eigenvalue weighted by Crippen LogP contribution is -2.15. The summed E-state index contributed by atoms with van der Waals surface area (Å²) < 4.78 is 21.1. The van der Waals surface area contributed by atoms with Gasteiger partial charge in [0.1, 0.15) is 23.9 Å². The van der Waals surface area contributed by atoms with Gasteiger partial charge in [0.15, 0.2) is 6.61 Å². The molecule has 0 saturated carbocycles. The minimum Gasteiger partial charge on any atom is -0.496 e. The van der Waals surface area contributed by atoms with Crippen molar-refractivity contribution < 1.29 is 28.3 Å². The molecule has 0 N–H and O–H groups in total. The van der Waals surface area contributed by atoms with Crippen LogP contribution in [-0.2, 0) is 11.3 Å². The second-order valence-corrected chi connectivity index (χ2v) is 6.32. The van der Waals surface area contributed by atoms with Gasteiger partial charge in [0.2, 0.25) is 5.78 Å². The predicted octanol–water partition coefficient (Wildman–Crippen LogP) is 3.92. The summed E-state index contributed by atoms with van der Waals surface area (Å²) in [6, 6.07) is 13.3. The normalized spacial score (nSPS) is 10.4. The first-order valence-corrected chi connectivity index (χ1v) is 8.97. The molecule has 0 aliphatic heterocycles. The summed E-state index contributed by atoms with van der Waals surface area (Å²) in [5.41, 5.74) is 2.36. The molecule has 0 saturated heterocycles. The number of ether oxygens (including phenoxy) is 3. The number of aryl methyl sites for hydroxylation is 2. The van der Waals surface area contributed by atoms with Crippen LogP contribution in [0.4, 0.5) is 0 Å². The Kier molecular flexibility index (Phi) is 6.29. The van der Waals surface area contributed by atoms with Crippen LogP contribution in [0.25, 0.3) is 0 Å². The number of Topliss-reactive ketones (excluding diaryl/α,β-unsaturated/α-hetero) is 1. The SMILES string of the molecule is COc1ccccc1C(=O)COC(=O)c1ccc(OCc2c(C)noc2C)cc1. The van der Waals surface area contributed by atoms with Gasteiger partial charge in [0.25, 0.3) is 0 Å². The quantitative estimate of drug-likeness (QED) is 0.422. The van der Waals surface area contributed by atoms with Crippen molar-refractivity contribution in [3.8, 4) is 11.5 Å². The van der Waals surface area contributed by atoms with E-state index in [9.17, 15) is 9.59 Å². The fourth-order valence-corrected chi connectivity index (χ4v) is 2.72. The van der Waals surface area contributed by atoms with Crippen LogP contribution in [0.15, 0.2) is 53.1 Å². The first-order chi connectivity index (χ1) is 14.0. The Bertz CT molecular complexity index is 987. The van der Waals surface area contributed by atoms with Gasteiger partial charge in [-0.2, -0.15) is 0 Å². The third kappa shape index (κ3) is 4.82. The highest BCUT2D eigenvalue weighted by Crippen LogP contribution is 2.20. The van der Waals surface area contributed by atoms with Crippen LogP contribution in [0.2, 0.25) is 0 Å². The number of hydrogen-bond acceptors (Lipinski definition) is 7. The molecular weight excluding hydrogens is 374 g/mol. The van der Waals surface area contributed by atoms with Gasteiger partial charge in [-0.05, 0) is 50.2 Å². The number of rotatable bonds is 8. The van der Waals surface area contributed by atoms with Gasteiger partial charge in [-0.1, -0.05) is 17.3 Å². The molecule has 0 aliphatic carbocycles. The maximum atomic E-state index is 12.3. The summed E-state index contributed by atoms with van der Waals surface area (Å²) in [4.78, 5) is 24.5. The smallest absolute Gasteiger partial charge is 0.338 e. The number of carbonyl (C=O) groups excluding carboxylic acids is 2. The van der Waals surface area contributed by atoms with Gasteiger partial charge >= 0.3 is 5.97 Å². The molecule has 0 atom stereocenters. The molecule has 0 spiro atoms. The van der Waals surface area contributed by atoms with E-state index in [-0.39, 0.29) is 12.4 Å². The highest BCUT2D eigenvalue weighted by Gasteiger charge is 2.15. The summed E-state index contributed by atoms with van der Waals surface area (Å²) in [7, 11) is 1.48. The highest BCUT2D eigenvalue weighted by atomic mass is 16.5. The van der Waals surface area contributed by atoms with Crippen LogP contribution < -0.4 is 9.47 Å². The summed E-state index contributed by atoms with van der Waals surface area (Å²) in [5, 5.41) is 3.88. The molecule has 0 radical (unpaired) electrons. The Morgan fingerprint density at radius 2 is 1.76 bits per heavy atom. The number of esters is 1. The molecule has 3 rings (SSSR count). The maximum absolute atomic E-state index is 12.3. The fourth-order valence-electron chi connectivity index (χ4n) is 2.72. The molecule has 2 aromatic carbocycles. The van der Waals surface area contributed by atoms with Crippen molar-refractivity contribution >= 4 is 11.8 Å². The zero-order chi connectivity index (χ0) is 20.8. The third-order valence-corrected chi connectivity index (χ3v) is 4.40. The zero-order valence-electron chi connectivity index (χ0n) is 16.4. The average molecular weight is 395 g/mol. The van der Waals surface area contributed by atoms with E-state index in [1.54, 1.807) is 48.5 Å². The van der Waals surface area contributed by atoms with Crippen molar-refractivity contribution in [3.63, 3.8) is 0 Å². The van der Waals surface area contributed by atoms with E-state index >= 15 is 0 Å². The molecule has 0 bridgehead atoms. The van der Waals surface area contributed by atoms with E-state index < -0.39 is 5.97 Å². The molecule has 150 valence electrons. The Morgan fingerprint density at radius 3 is 2.41 bits per heavy atom. The molecule has 29 heavy (non-hydrogen) atoms. The van der Waals surface area contributed by atoms with Crippen molar-refractivity contribution in [2.24, 2.45) is 0 Å². The van der Waals surface area contributed by atoms with Crippen molar-refractivity contribution in [1.29, 1.82) is 0 Å². The third-order valence-electron chi connectivity index (χ3n) is 4.40. The van der Waals surface area contributed by atoms with Crippen LogP contribution in [0.1, 0.15) is 37.7 Å².